The first-order valence-electron chi connectivity index (χ1n) is 10.1. The number of nitrogens with zero attached hydrogens (tertiary/aromatic N) is 2. The molecule has 2 saturated heterocycles. The third-order valence-corrected chi connectivity index (χ3v) is 8.46. The first-order valence-corrected chi connectivity index (χ1v) is 12.3. The number of rotatable bonds is 7. The molecule has 1 aromatic rings. The van der Waals surface area contributed by atoms with Crippen LogP contribution in [0.5, 0.6) is 0 Å². The third-order valence-electron chi connectivity index (χ3n) is 5.83. The molecule has 0 unspecified atom stereocenters. The first kappa shape index (κ1) is 23.8. The molecule has 1 spiro atoms. The number of piperidine rings is 1. The van der Waals surface area contributed by atoms with Gasteiger partial charge in [-0.05, 0) is 43.4 Å². The van der Waals surface area contributed by atoms with Crippen molar-refractivity contribution in [3.63, 3.8) is 0 Å². The number of amides is 1. The Morgan fingerprint density at radius 2 is 1.90 bits per heavy atom. The summed E-state index contributed by atoms with van der Waals surface area (Å²) in [6.07, 6.45) is 1.77. The average Bonchev–Trinajstić information content (AvgIpc) is 2.92. The second-order valence-corrected chi connectivity index (χ2v) is 11.1. The Morgan fingerprint density at radius 3 is 2.47 bits per heavy atom. The van der Waals surface area contributed by atoms with Crippen LogP contribution in [0.15, 0.2) is 23.1 Å². The molecule has 0 saturated carbocycles. The number of halogens is 2. The second kappa shape index (κ2) is 9.30. The number of methoxy groups -OCH3 is 1. The highest BCUT2D eigenvalue weighted by atomic mass is 35.5. The summed E-state index contributed by atoms with van der Waals surface area (Å²) >= 11 is 11.9. The van der Waals surface area contributed by atoms with Crippen molar-refractivity contribution < 1.29 is 17.9 Å². The number of ether oxygens (including phenoxy) is 1. The molecule has 0 aromatic heterocycles. The number of nitrogens with one attached hydrogen (secondary N) is 1. The van der Waals surface area contributed by atoms with Gasteiger partial charge >= 0.3 is 0 Å². The third kappa shape index (κ3) is 4.64. The number of carbonyl (C=O) groups is 1. The molecular weight excluding hydrogens is 449 g/mol. The normalized spacial score (nSPS) is 22.4. The van der Waals surface area contributed by atoms with Gasteiger partial charge < -0.3 is 9.64 Å². The molecule has 0 bridgehead atoms. The highest BCUT2D eigenvalue weighted by molar-refractivity contribution is 7.89. The van der Waals surface area contributed by atoms with Crippen molar-refractivity contribution in [2.75, 3.05) is 33.4 Å². The van der Waals surface area contributed by atoms with Gasteiger partial charge in [0.25, 0.3) is 0 Å². The van der Waals surface area contributed by atoms with E-state index in [0.717, 1.165) is 6.42 Å². The van der Waals surface area contributed by atoms with Crippen LogP contribution in [0.4, 0.5) is 0 Å². The van der Waals surface area contributed by atoms with E-state index in [1.807, 2.05) is 4.90 Å². The van der Waals surface area contributed by atoms with E-state index in [2.05, 4.69) is 19.2 Å². The molecule has 2 aliphatic rings. The number of hydrogen-bond acceptors (Lipinski definition) is 5. The zero-order chi connectivity index (χ0) is 22.1. The zero-order valence-corrected chi connectivity index (χ0v) is 19.9. The fourth-order valence-electron chi connectivity index (χ4n) is 4.30. The SMILES string of the molecule is COCCN1C(=O)[C@H](CC(C)C)NC12CCN(S(=O)(=O)c1ccc(Cl)c(Cl)c1)CC2. The fraction of sp³-hybridized carbons (Fsp3) is 0.650. The summed E-state index contributed by atoms with van der Waals surface area (Å²) in [6, 6.07) is 4.09. The van der Waals surface area contributed by atoms with Crippen LogP contribution in [-0.2, 0) is 19.6 Å². The van der Waals surface area contributed by atoms with Crippen LogP contribution in [-0.4, -0.2) is 68.6 Å². The van der Waals surface area contributed by atoms with Gasteiger partial charge in [0.2, 0.25) is 15.9 Å². The van der Waals surface area contributed by atoms with Crippen LogP contribution >= 0.6 is 23.2 Å². The summed E-state index contributed by atoms with van der Waals surface area (Å²) in [6.45, 7) is 5.71. The number of sulfonamides is 1. The molecule has 7 nitrogen and oxygen atoms in total. The van der Waals surface area contributed by atoms with Gasteiger partial charge in [0.1, 0.15) is 0 Å². The summed E-state index contributed by atoms with van der Waals surface area (Å²) in [5.41, 5.74) is -0.543. The summed E-state index contributed by atoms with van der Waals surface area (Å²) in [7, 11) is -2.08. The summed E-state index contributed by atoms with van der Waals surface area (Å²) in [4.78, 5) is 15.0. The van der Waals surface area contributed by atoms with E-state index in [0.29, 0.717) is 50.0 Å². The van der Waals surface area contributed by atoms with Crippen LogP contribution in [0.1, 0.15) is 33.1 Å². The van der Waals surface area contributed by atoms with Crippen molar-refractivity contribution in [3.05, 3.63) is 28.2 Å². The lowest BCUT2D eigenvalue weighted by Crippen LogP contribution is -2.60. The maximum atomic E-state index is 13.1. The second-order valence-electron chi connectivity index (χ2n) is 8.32. The number of carbonyl (C=O) groups excluding carboxylic acids is 1. The fourth-order valence-corrected chi connectivity index (χ4v) is 6.13. The lowest BCUT2D eigenvalue weighted by Gasteiger charge is -2.44. The van der Waals surface area contributed by atoms with Gasteiger partial charge in [0.05, 0.1) is 33.3 Å². The van der Waals surface area contributed by atoms with E-state index >= 15 is 0 Å². The van der Waals surface area contributed by atoms with Crippen molar-refractivity contribution >= 4 is 39.1 Å². The topological polar surface area (TPSA) is 79.0 Å². The molecule has 1 aromatic carbocycles. The van der Waals surface area contributed by atoms with Gasteiger partial charge in [-0.3, -0.25) is 10.1 Å². The molecule has 1 atom stereocenters. The Bertz CT molecular complexity index is 886. The maximum absolute atomic E-state index is 13.1. The lowest BCUT2D eigenvalue weighted by atomic mass is 9.97. The Labute approximate surface area is 188 Å². The molecule has 168 valence electrons. The molecule has 0 aliphatic carbocycles. The smallest absolute Gasteiger partial charge is 0.243 e. The minimum Gasteiger partial charge on any atom is -0.383 e. The first-order chi connectivity index (χ1) is 14.1. The van der Waals surface area contributed by atoms with Crippen molar-refractivity contribution in [2.45, 2.75) is 49.7 Å². The molecule has 2 heterocycles. The van der Waals surface area contributed by atoms with Crippen LogP contribution < -0.4 is 5.32 Å². The molecule has 1 amide bonds. The minimum absolute atomic E-state index is 0.0709. The number of benzene rings is 1. The largest absolute Gasteiger partial charge is 0.383 e. The predicted octanol–water partition coefficient (Wildman–Crippen LogP) is 2.97. The summed E-state index contributed by atoms with van der Waals surface area (Å²) in [5, 5.41) is 4.05. The van der Waals surface area contributed by atoms with Crippen molar-refractivity contribution in [3.8, 4) is 0 Å². The van der Waals surface area contributed by atoms with E-state index in [1.54, 1.807) is 7.11 Å². The van der Waals surface area contributed by atoms with Gasteiger partial charge in [-0.15, -0.1) is 0 Å². The molecule has 30 heavy (non-hydrogen) atoms. The van der Waals surface area contributed by atoms with E-state index in [4.69, 9.17) is 27.9 Å². The van der Waals surface area contributed by atoms with E-state index in [-0.39, 0.29) is 21.9 Å². The standard InChI is InChI=1S/C20H29Cl2N3O4S/c1-14(2)12-18-19(26)25(10-11-29-3)20(23-18)6-8-24(9-7-20)30(27,28)15-4-5-16(21)17(22)13-15/h4-5,13-14,18,23H,6-12H2,1-3H3/t18-/m0/s1. The molecular formula is C20H29Cl2N3O4S. The van der Waals surface area contributed by atoms with Gasteiger partial charge in [-0.2, -0.15) is 4.31 Å². The van der Waals surface area contributed by atoms with Gasteiger partial charge in [0.15, 0.2) is 0 Å². The monoisotopic (exact) mass is 477 g/mol. The minimum atomic E-state index is -3.69. The van der Waals surface area contributed by atoms with Gasteiger partial charge in [-0.1, -0.05) is 37.0 Å². The van der Waals surface area contributed by atoms with Crippen molar-refractivity contribution in [2.24, 2.45) is 5.92 Å². The molecule has 2 fully saturated rings. The molecule has 1 N–H and O–H groups in total. The van der Waals surface area contributed by atoms with E-state index in [1.165, 1.54) is 22.5 Å². The summed E-state index contributed by atoms with van der Waals surface area (Å²) < 4.78 is 32.8. The van der Waals surface area contributed by atoms with Crippen LogP contribution in [0.3, 0.4) is 0 Å². The Kier molecular flexibility index (Phi) is 7.37. The van der Waals surface area contributed by atoms with Crippen LogP contribution in [0.2, 0.25) is 10.0 Å². The Hall–Kier alpha value is -0.900. The van der Waals surface area contributed by atoms with Gasteiger partial charge in [-0.25, -0.2) is 8.42 Å². The molecule has 3 rings (SSSR count). The Balaban J connectivity index is 1.78. The lowest BCUT2D eigenvalue weighted by molar-refractivity contribution is -0.134. The maximum Gasteiger partial charge on any atom is 0.243 e. The highest BCUT2D eigenvalue weighted by Crippen LogP contribution is 2.36. The van der Waals surface area contributed by atoms with Crippen molar-refractivity contribution in [1.29, 1.82) is 0 Å². The Morgan fingerprint density at radius 1 is 1.23 bits per heavy atom. The van der Waals surface area contributed by atoms with Crippen molar-refractivity contribution in [1.82, 2.24) is 14.5 Å². The quantitative estimate of drug-likeness (QED) is 0.652. The predicted molar refractivity (Wildman–Crippen MR) is 117 cm³/mol. The number of hydrogen-bond donors (Lipinski definition) is 1. The van der Waals surface area contributed by atoms with E-state index in [9.17, 15) is 13.2 Å². The van der Waals surface area contributed by atoms with Gasteiger partial charge in [0, 0.05) is 26.7 Å². The average molecular weight is 478 g/mol. The molecule has 10 heteroatoms. The summed E-state index contributed by atoms with van der Waals surface area (Å²) in [5.74, 6) is 0.447. The van der Waals surface area contributed by atoms with Crippen LogP contribution in [0.25, 0.3) is 0 Å². The molecule has 2 aliphatic heterocycles. The zero-order valence-electron chi connectivity index (χ0n) is 17.5. The highest BCUT2D eigenvalue weighted by Gasteiger charge is 2.52. The van der Waals surface area contributed by atoms with E-state index < -0.39 is 15.7 Å². The van der Waals surface area contributed by atoms with Crippen LogP contribution in [0, 0.1) is 5.92 Å². The molecule has 0 radical (unpaired) electrons.